The molecule has 0 aliphatic heterocycles. The molecule has 4 nitrogen and oxygen atoms in total. The second kappa shape index (κ2) is 4.55. The van der Waals surface area contributed by atoms with Gasteiger partial charge in [-0.05, 0) is 18.2 Å². The Morgan fingerprint density at radius 3 is 2.86 bits per heavy atom. The van der Waals surface area contributed by atoms with Crippen molar-refractivity contribution in [2.75, 3.05) is 5.73 Å². The van der Waals surface area contributed by atoms with Crippen molar-refractivity contribution in [3.8, 4) is 17.3 Å². The van der Waals surface area contributed by atoms with E-state index in [4.69, 9.17) is 5.73 Å². The molecule has 0 atom stereocenters. The minimum atomic E-state index is -0.378. The number of nitrogens with zero attached hydrogens (tertiary/aromatic N) is 2. The molecule has 106 valence electrons. The normalized spacial score (nSPS) is 11.1. The summed E-state index contributed by atoms with van der Waals surface area (Å²) in [6, 6.07) is 12.8. The quantitative estimate of drug-likeness (QED) is 0.557. The van der Waals surface area contributed by atoms with Crippen molar-refractivity contribution < 1.29 is 4.39 Å². The van der Waals surface area contributed by atoms with Crippen molar-refractivity contribution in [3.05, 3.63) is 47.8 Å². The highest BCUT2D eigenvalue weighted by atomic mass is 32.1. The van der Waals surface area contributed by atoms with E-state index in [9.17, 15) is 9.65 Å². The fourth-order valence-electron chi connectivity index (χ4n) is 2.67. The number of benzene rings is 2. The Labute approximate surface area is 128 Å². The Hall–Kier alpha value is -2.91. The lowest BCUT2D eigenvalue weighted by atomic mass is 10.0. The average molecular weight is 308 g/mol. The molecule has 0 bridgehead atoms. The second-order valence-corrected chi connectivity index (χ2v) is 5.92. The van der Waals surface area contributed by atoms with Gasteiger partial charge in [-0.2, -0.15) is 10.4 Å². The van der Waals surface area contributed by atoms with Crippen molar-refractivity contribution in [1.29, 1.82) is 5.26 Å². The Bertz CT molecular complexity index is 1070. The van der Waals surface area contributed by atoms with Gasteiger partial charge >= 0.3 is 0 Å². The molecule has 0 aliphatic carbocycles. The van der Waals surface area contributed by atoms with Crippen LogP contribution in [0.1, 0.15) is 5.56 Å². The van der Waals surface area contributed by atoms with Gasteiger partial charge in [-0.1, -0.05) is 18.2 Å². The fraction of sp³-hybridized carbons (Fsp3) is 0. The van der Waals surface area contributed by atoms with Gasteiger partial charge in [0.15, 0.2) is 0 Å². The lowest BCUT2D eigenvalue weighted by Gasteiger charge is -2.02. The Morgan fingerprint density at radius 2 is 2.05 bits per heavy atom. The summed E-state index contributed by atoms with van der Waals surface area (Å²) in [6.07, 6.45) is 0. The summed E-state index contributed by atoms with van der Waals surface area (Å²) in [4.78, 5) is 0. The molecule has 0 aliphatic rings. The maximum atomic E-state index is 14.1. The van der Waals surface area contributed by atoms with E-state index in [1.54, 1.807) is 6.07 Å². The summed E-state index contributed by atoms with van der Waals surface area (Å²) < 4.78 is 14.5. The number of nitrogen functional groups attached to an aromatic ring is 1. The van der Waals surface area contributed by atoms with E-state index in [1.807, 2.05) is 24.3 Å². The standard InChI is InChI=1S/C16H9FN4S/c17-11-6-5-9(13-10(7-18)16(19)22-15(11)13)14-8-3-1-2-4-12(8)20-21-14/h1-6H,19H2,(H,20,21). The molecule has 0 radical (unpaired) electrons. The predicted octanol–water partition coefficient (Wildman–Crippen LogP) is 4.04. The monoisotopic (exact) mass is 308 g/mol. The first-order chi connectivity index (χ1) is 10.7. The molecule has 2 aromatic carbocycles. The fourth-order valence-corrected chi connectivity index (χ4v) is 3.62. The second-order valence-electron chi connectivity index (χ2n) is 4.87. The largest absolute Gasteiger partial charge is 0.389 e. The number of rotatable bonds is 1. The molecule has 0 amide bonds. The van der Waals surface area contributed by atoms with Gasteiger partial charge in [0.2, 0.25) is 0 Å². The number of aromatic nitrogens is 2. The third kappa shape index (κ3) is 1.63. The number of hydrogen-bond acceptors (Lipinski definition) is 4. The molecule has 6 heteroatoms. The van der Waals surface area contributed by atoms with E-state index in [0.29, 0.717) is 31.9 Å². The smallest absolute Gasteiger partial charge is 0.141 e. The highest BCUT2D eigenvalue weighted by molar-refractivity contribution is 7.23. The number of nitrogens with one attached hydrogen (secondary N) is 1. The van der Waals surface area contributed by atoms with Gasteiger partial charge in [-0.25, -0.2) is 4.39 Å². The topological polar surface area (TPSA) is 78.5 Å². The van der Waals surface area contributed by atoms with Crippen LogP contribution >= 0.6 is 11.3 Å². The molecule has 3 N–H and O–H groups in total. The lowest BCUT2D eigenvalue weighted by molar-refractivity contribution is 0.642. The molecule has 0 saturated carbocycles. The molecule has 2 aromatic heterocycles. The first-order valence-corrected chi connectivity index (χ1v) is 7.36. The molecule has 2 heterocycles. The van der Waals surface area contributed by atoms with Crippen molar-refractivity contribution in [1.82, 2.24) is 10.2 Å². The van der Waals surface area contributed by atoms with E-state index in [2.05, 4.69) is 16.3 Å². The number of thiophene rings is 1. The van der Waals surface area contributed by atoms with Crippen LogP contribution in [0, 0.1) is 17.1 Å². The van der Waals surface area contributed by atoms with Crippen LogP contribution in [-0.4, -0.2) is 10.2 Å². The minimum absolute atomic E-state index is 0.307. The molecule has 0 saturated heterocycles. The zero-order valence-corrected chi connectivity index (χ0v) is 12.0. The summed E-state index contributed by atoms with van der Waals surface area (Å²) in [5.74, 6) is -0.378. The number of halogens is 1. The zero-order valence-electron chi connectivity index (χ0n) is 11.2. The average Bonchev–Trinajstić information content (AvgIpc) is 3.09. The van der Waals surface area contributed by atoms with Crippen LogP contribution in [0.4, 0.5) is 9.39 Å². The van der Waals surface area contributed by atoms with E-state index >= 15 is 0 Å². The number of nitriles is 1. The van der Waals surface area contributed by atoms with Crippen molar-refractivity contribution in [3.63, 3.8) is 0 Å². The maximum Gasteiger partial charge on any atom is 0.141 e. The van der Waals surface area contributed by atoms with Crippen LogP contribution < -0.4 is 5.73 Å². The summed E-state index contributed by atoms with van der Waals surface area (Å²) in [5.41, 5.74) is 8.46. The van der Waals surface area contributed by atoms with Gasteiger partial charge in [-0.3, -0.25) is 5.10 Å². The molecular formula is C16H9FN4S. The SMILES string of the molecule is N#Cc1c(N)sc2c(F)ccc(-c3n[nH]c4ccccc34)c12. The number of H-pyrrole nitrogens is 1. The predicted molar refractivity (Wildman–Crippen MR) is 86.0 cm³/mol. The third-order valence-corrected chi connectivity index (χ3v) is 4.68. The van der Waals surface area contributed by atoms with Crippen molar-refractivity contribution >= 4 is 37.3 Å². The van der Waals surface area contributed by atoms with Crippen LogP contribution in [0.3, 0.4) is 0 Å². The van der Waals surface area contributed by atoms with E-state index in [0.717, 1.165) is 22.2 Å². The molecule has 0 fully saturated rings. The molecular weight excluding hydrogens is 299 g/mol. The number of hydrogen-bond donors (Lipinski definition) is 2. The molecule has 0 unspecified atom stereocenters. The summed E-state index contributed by atoms with van der Waals surface area (Å²) in [6.45, 7) is 0. The molecule has 0 spiro atoms. The lowest BCUT2D eigenvalue weighted by Crippen LogP contribution is -1.87. The van der Waals surface area contributed by atoms with E-state index < -0.39 is 0 Å². The molecule has 4 rings (SSSR count). The number of aromatic amines is 1. The van der Waals surface area contributed by atoms with Crippen LogP contribution in [-0.2, 0) is 0 Å². The van der Waals surface area contributed by atoms with Crippen molar-refractivity contribution in [2.45, 2.75) is 0 Å². The van der Waals surface area contributed by atoms with Crippen LogP contribution in [0.15, 0.2) is 36.4 Å². The number of nitrogens with two attached hydrogens (primary N) is 1. The van der Waals surface area contributed by atoms with E-state index in [1.165, 1.54) is 6.07 Å². The Kier molecular flexibility index (Phi) is 2.65. The summed E-state index contributed by atoms with van der Waals surface area (Å²) in [5, 5.41) is 18.4. The highest BCUT2D eigenvalue weighted by Crippen LogP contribution is 2.41. The zero-order chi connectivity index (χ0) is 15.3. The van der Waals surface area contributed by atoms with E-state index in [-0.39, 0.29) is 5.82 Å². The van der Waals surface area contributed by atoms with Gasteiger partial charge in [0.25, 0.3) is 0 Å². The molecule has 4 aromatic rings. The molecule has 22 heavy (non-hydrogen) atoms. The summed E-state index contributed by atoms with van der Waals surface area (Å²) in [7, 11) is 0. The minimum Gasteiger partial charge on any atom is -0.389 e. The number of anilines is 1. The van der Waals surface area contributed by atoms with Gasteiger partial charge in [0.05, 0.1) is 15.8 Å². The van der Waals surface area contributed by atoms with Crippen LogP contribution in [0.25, 0.3) is 32.2 Å². The third-order valence-electron chi connectivity index (χ3n) is 3.66. The Balaban J connectivity index is 2.16. The van der Waals surface area contributed by atoms with Crippen LogP contribution in [0.2, 0.25) is 0 Å². The van der Waals surface area contributed by atoms with Crippen molar-refractivity contribution in [2.24, 2.45) is 0 Å². The maximum absolute atomic E-state index is 14.1. The highest BCUT2D eigenvalue weighted by Gasteiger charge is 2.20. The number of fused-ring (bicyclic) bond motifs is 2. The summed E-state index contributed by atoms with van der Waals surface area (Å²) >= 11 is 1.09. The van der Waals surface area contributed by atoms with Gasteiger partial charge in [0.1, 0.15) is 22.6 Å². The first kappa shape index (κ1) is 12.8. The Morgan fingerprint density at radius 1 is 1.23 bits per heavy atom. The van der Waals surface area contributed by atoms with Gasteiger partial charge in [0, 0.05) is 16.3 Å². The first-order valence-electron chi connectivity index (χ1n) is 6.54. The van der Waals surface area contributed by atoms with Gasteiger partial charge in [-0.15, -0.1) is 11.3 Å². The van der Waals surface area contributed by atoms with Crippen LogP contribution in [0.5, 0.6) is 0 Å². The van der Waals surface area contributed by atoms with Gasteiger partial charge < -0.3 is 5.73 Å². The number of para-hydroxylation sites is 1.